The molecule has 0 saturated heterocycles. The first-order valence-corrected chi connectivity index (χ1v) is 7.47. The van der Waals surface area contributed by atoms with Crippen LogP contribution in [-0.4, -0.2) is 18.1 Å². The van der Waals surface area contributed by atoms with Crippen LogP contribution in [0.2, 0.25) is 0 Å². The summed E-state index contributed by atoms with van der Waals surface area (Å²) < 4.78 is 5.59. The van der Waals surface area contributed by atoms with Gasteiger partial charge in [-0.25, -0.2) is 4.98 Å². The number of furan rings is 1. The molecule has 1 fully saturated rings. The third-order valence-corrected chi connectivity index (χ3v) is 4.31. The largest absolute Gasteiger partial charge is 0.464 e. The molecule has 0 radical (unpaired) electrons. The van der Waals surface area contributed by atoms with E-state index in [4.69, 9.17) is 4.42 Å². The van der Waals surface area contributed by atoms with Crippen molar-refractivity contribution in [2.24, 2.45) is 0 Å². The second-order valence-electron chi connectivity index (χ2n) is 5.13. The zero-order chi connectivity index (χ0) is 13.2. The maximum Gasteiger partial charge on any atom is 0.185 e. The van der Waals surface area contributed by atoms with Crippen LogP contribution in [0.25, 0.3) is 0 Å². The van der Waals surface area contributed by atoms with Crippen LogP contribution in [0.3, 0.4) is 0 Å². The van der Waals surface area contributed by atoms with Gasteiger partial charge < -0.3 is 14.6 Å². The molecule has 0 aliphatic heterocycles. The zero-order valence-corrected chi connectivity index (χ0v) is 12.2. The standard InChI is InChI=1S/C14H19N3OS/c1-10-3-6-12(18-10)9-17(2)14-16-8-13(19-14)7-15-11-4-5-11/h3,6,8,11,15H,4-5,7,9H2,1-2H3. The van der Waals surface area contributed by atoms with Gasteiger partial charge in [-0.2, -0.15) is 0 Å². The molecule has 0 amide bonds. The van der Waals surface area contributed by atoms with Crippen LogP contribution in [0, 0.1) is 6.92 Å². The van der Waals surface area contributed by atoms with E-state index in [1.54, 1.807) is 11.3 Å². The molecule has 0 aromatic carbocycles. The Balaban J connectivity index is 1.57. The van der Waals surface area contributed by atoms with E-state index in [-0.39, 0.29) is 0 Å². The van der Waals surface area contributed by atoms with Gasteiger partial charge in [-0.3, -0.25) is 0 Å². The minimum absolute atomic E-state index is 0.745. The molecule has 4 nitrogen and oxygen atoms in total. The van der Waals surface area contributed by atoms with Crippen LogP contribution in [-0.2, 0) is 13.1 Å². The van der Waals surface area contributed by atoms with Crippen LogP contribution < -0.4 is 10.2 Å². The lowest BCUT2D eigenvalue weighted by atomic mass is 10.4. The summed E-state index contributed by atoms with van der Waals surface area (Å²) in [4.78, 5) is 7.90. The van der Waals surface area contributed by atoms with E-state index in [9.17, 15) is 0 Å². The first kappa shape index (κ1) is 12.7. The summed E-state index contributed by atoms with van der Waals surface area (Å²) in [6, 6.07) is 4.76. The third-order valence-electron chi connectivity index (χ3n) is 3.20. The second-order valence-corrected chi connectivity index (χ2v) is 6.23. The summed E-state index contributed by atoms with van der Waals surface area (Å²) >= 11 is 1.75. The van der Waals surface area contributed by atoms with Gasteiger partial charge in [0.25, 0.3) is 0 Å². The summed E-state index contributed by atoms with van der Waals surface area (Å²) in [5.74, 6) is 1.93. The van der Waals surface area contributed by atoms with Gasteiger partial charge in [0, 0.05) is 30.7 Å². The van der Waals surface area contributed by atoms with E-state index in [0.717, 1.165) is 35.8 Å². The molecule has 1 N–H and O–H groups in total. The molecule has 2 aromatic heterocycles. The number of thiazole rings is 1. The number of rotatable bonds is 6. The maximum atomic E-state index is 5.59. The summed E-state index contributed by atoms with van der Waals surface area (Å²) in [6.07, 6.45) is 4.62. The van der Waals surface area contributed by atoms with Crippen molar-refractivity contribution in [1.82, 2.24) is 10.3 Å². The Hall–Kier alpha value is -1.33. The molecule has 19 heavy (non-hydrogen) atoms. The Labute approximate surface area is 117 Å². The molecular formula is C14H19N3OS. The van der Waals surface area contributed by atoms with Gasteiger partial charge in [-0.1, -0.05) is 0 Å². The second kappa shape index (κ2) is 5.35. The highest BCUT2D eigenvalue weighted by molar-refractivity contribution is 7.15. The van der Waals surface area contributed by atoms with Crippen LogP contribution in [0.1, 0.15) is 29.2 Å². The van der Waals surface area contributed by atoms with Gasteiger partial charge in [-0.05, 0) is 31.9 Å². The molecule has 0 unspecified atom stereocenters. The summed E-state index contributed by atoms with van der Waals surface area (Å²) in [5.41, 5.74) is 0. The van der Waals surface area contributed by atoms with Crippen molar-refractivity contribution < 1.29 is 4.42 Å². The Morgan fingerprint density at radius 1 is 1.47 bits per heavy atom. The molecule has 1 saturated carbocycles. The number of nitrogens with zero attached hydrogens (tertiary/aromatic N) is 2. The average molecular weight is 277 g/mol. The van der Waals surface area contributed by atoms with Crippen molar-refractivity contribution in [2.45, 2.75) is 38.9 Å². The van der Waals surface area contributed by atoms with Gasteiger partial charge in [0.1, 0.15) is 11.5 Å². The lowest BCUT2D eigenvalue weighted by Gasteiger charge is -2.13. The summed E-state index contributed by atoms with van der Waals surface area (Å²) in [5, 5.41) is 4.55. The molecule has 2 aromatic rings. The Morgan fingerprint density at radius 3 is 3.00 bits per heavy atom. The summed E-state index contributed by atoms with van der Waals surface area (Å²) in [7, 11) is 2.05. The minimum atomic E-state index is 0.745. The van der Waals surface area contributed by atoms with Crippen LogP contribution in [0.4, 0.5) is 5.13 Å². The minimum Gasteiger partial charge on any atom is -0.464 e. The fourth-order valence-electron chi connectivity index (χ4n) is 1.96. The fraction of sp³-hybridized carbons (Fsp3) is 0.500. The summed E-state index contributed by atoms with van der Waals surface area (Å²) in [6.45, 7) is 3.67. The number of hydrogen-bond donors (Lipinski definition) is 1. The maximum absolute atomic E-state index is 5.59. The lowest BCUT2D eigenvalue weighted by molar-refractivity contribution is 0.481. The van der Waals surface area contributed by atoms with Crippen molar-refractivity contribution in [3.8, 4) is 0 Å². The Bertz CT molecular complexity index is 544. The highest BCUT2D eigenvalue weighted by atomic mass is 32.1. The highest BCUT2D eigenvalue weighted by Crippen LogP contribution is 2.25. The fourth-order valence-corrected chi connectivity index (χ4v) is 2.78. The molecule has 102 valence electrons. The topological polar surface area (TPSA) is 41.3 Å². The number of hydrogen-bond acceptors (Lipinski definition) is 5. The number of nitrogens with one attached hydrogen (secondary N) is 1. The van der Waals surface area contributed by atoms with Crippen LogP contribution in [0.5, 0.6) is 0 Å². The molecular weight excluding hydrogens is 258 g/mol. The van der Waals surface area contributed by atoms with E-state index in [1.165, 1.54) is 17.7 Å². The zero-order valence-electron chi connectivity index (χ0n) is 11.3. The van der Waals surface area contributed by atoms with Crippen molar-refractivity contribution in [3.63, 3.8) is 0 Å². The Kier molecular flexibility index (Phi) is 3.57. The van der Waals surface area contributed by atoms with E-state index in [2.05, 4.69) is 22.2 Å². The van der Waals surface area contributed by atoms with Gasteiger partial charge in [0.05, 0.1) is 6.54 Å². The molecule has 0 bridgehead atoms. The Morgan fingerprint density at radius 2 is 2.32 bits per heavy atom. The molecule has 2 heterocycles. The first-order valence-electron chi connectivity index (χ1n) is 6.65. The van der Waals surface area contributed by atoms with Gasteiger partial charge in [-0.15, -0.1) is 11.3 Å². The first-order chi connectivity index (χ1) is 9.20. The molecule has 1 aliphatic carbocycles. The predicted molar refractivity (Wildman–Crippen MR) is 77.5 cm³/mol. The lowest BCUT2D eigenvalue weighted by Crippen LogP contribution is -2.15. The number of aromatic nitrogens is 1. The smallest absolute Gasteiger partial charge is 0.185 e. The highest BCUT2D eigenvalue weighted by Gasteiger charge is 2.20. The van der Waals surface area contributed by atoms with E-state index in [0.29, 0.717) is 0 Å². The van der Waals surface area contributed by atoms with E-state index >= 15 is 0 Å². The quantitative estimate of drug-likeness (QED) is 0.881. The number of aryl methyl sites for hydroxylation is 1. The van der Waals surface area contributed by atoms with Crippen LogP contribution in [0.15, 0.2) is 22.7 Å². The van der Waals surface area contributed by atoms with Gasteiger partial charge >= 0.3 is 0 Å². The SMILES string of the molecule is Cc1ccc(CN(C)c2ncc(CNC3CC3)s2)o1. The van der Waals surface area contributed by atoms with Crippen molar-refractivity contribution in [2.75, 3.05) is 11.9 Å². The molecule has 5 heteroatoms. The van der Waals surface area contributed by atoms with Gasteiger partial charge in [0.2, 0.25) is 0 Å². The predicted octanol–water partition coefficient (Wildman–Crippen LogP) is 2.93. The average Bonchev–Trinajstić information content (AvgIpc) is 2.94. The third kappa shape index (κ3) is 3.36. The van der Waals surface area contributed by atoms with Crippen molar-refractivity contribution in [1.29, 1.82) is 0 Å². The van der Waals surface area contributed by atoms with Gasteiger partial charge in [0.15, 0.2) is 5.13 Å². The molecule has 0 spiro atoms. The monoisotopic (exact) mass is 277 g/mol. The number of anilines is 1. The van der Waals surface area contributed by atoms with Crippen LogP contribution >= 0.6 is 11.3 Å². The van der Waals surface area contributed by atoms with E-state index < -0.39 is 0 Å². The van der Waals surface area contributed by atoms with Crippen molar-refractivity contribution >= 4 is 16.5 Å². The molecule has 0 atom stereocenters. The van der Waals surface area contributed by atoms with Crippen molar-refractivity contribution in [3.05, 3.63) is 34.7 Å². The molecule has 3 rings (SSSR count). The normalized spacial score (nSPS) is 14.8. The molecule has 1 aliphatic rings. The van der Waals surface area contributed by atoms with E-state index in [1.807, 2.05) is 25.3 Å².